The maximum Gasteiger partial charge on any atom is 0.254 e. The second kappa shape index (κ2) is 7.70. The summed E-state index contributed by atoms with van der Waals surface area (Å²) >= 11 is 0. The van der Waals surface area contributed by atoms with Gasteiger partial charge >= 0.3 is 0 Å². The molecule has 27 heavy (non-hydrogen) atoms. The summed E-state index contributed by atoms with van der Waals surface area (Å²) in [6, 6.07) is 12.3. The van der Waals surface area contributed by atoms with Gasteiger partial charge in [0.05, 0.1) is 14.2 Å². The Bertz CT molecular complexity index is 865. The number of anilines is 1. The van der Waals surface area contributed by atoms with Gasteiger partial charge in [0.1, 0.15) is 6.04 Å². The van der Waals surface area contributed by atoms with Crippen LogP contribution < -0.4 is 14.4 Å². The van der Waals surface area contributed by atoms with E-state index in [4.69, 9.17) is 9.47 Å². The number of nitrogens with zero attached hydrogens (tertiary/aromatic N) is 2. The van der Waals surface area contributed by atoms with Crippen LogP contribution in [0.25, 0.3) is 0 Å². The van der Waals surface area contributed by atoms with Crippen molar-refractivity contribution in [2.75, 3.05) is 32.2 Å². The Balaban J connectivity index is 1.81. The number of ether oxygens (including phenoxy) is 2. The monoisotopic (exact) mass is 368 g/mol. The summed E-state index contributed by atoms with van der Waals surface area (Å²) in [4.78, 5) is 29.1. The van der Waals surface area contributed by atoms with Gasteiger partial charge in [-0.15, -0.1) is 0 Å². The minimum Gasteiger partial charge on any atom is -0.493 e. The van der Waals surface area contributed by atoms with Crippen LogP contribution in [0.15, 0.2) is 42.5 Å². The van der Waals surface area contributed by atoms with Crippen LogP contribution in [0.5, 0.6) is 11.5 Å². The van der Waals surface area contributed by atoms with E-state index in [1.165, 1.54) is 0 Å². The molecule has 0 bridgehead atoms. The van der Waals surface area contributed by atoms with Gasteiger partial charge < -0.3 is 19.3 Å². The molecule has 1 heterocycles. The molecule has 0 unspecified atom stereocenters. The molecular weight excluding hydrogens is 344 g/mol. The van der Waals surface area contributed by atoms with Gasteiger partial charge in [-0.1, -0.05) is 17.7 Å². The predicted octanol–water partition coefficient (Wildman–Crippen LogP) is 2.89. The molecule has 6 heteroatoms. The van der Waals surface area contributed by atoms with E-state index in [9.17, 15) is 9.59 Å². The van der Waals surface area contributed by atoms with Crippen molar-refractivity contribution in [1.29, 1.82) is 0 Å². The smallest absolute Gasteiger partial charge is 0.254 e. The van der Waals surface area contributed by atoms with Crippen LogP contribution in [0.3, 0.4) is 0 Å². The van der Waals surface area contributed by atoms with Gasteiger partial charge in [0, 0.05) is 30.4 Å². The molecule has 1 saturated heterocycles. The van der Waals surface area contributed by atoms with E-state index < -0.39 is 6.04 Å². The Kier molecular flexibility index (Phi) is 5.35. The molecule has 3 rings (SSSR count). The molecule has 0 spiro atoms. The lowest BCUT2D eigenvalue weighted by Crippen LogP contribution is -2.57. The van der Waals surface area contributed by atoms with E-state index in [0.717, 1.165) is 11.3 Å². The molecule has 1 fully saturated rings. The lowest BCUT2D eigenvalue weighted by atomic mass is 10.1. The van der Waals surface area contributed by atoms with Gasteiger partial charge in [-0.05, 0) is 38.1 Å². The van der Waals surface area contributed by atoms with Crippen LogP contribution in [0.2, 0.25) is 0 Å². The molecule has 1 atom stereocenters. The summed E-state index contributed by atoms with van der Waals surface area (Å²) in [6.45, 7) is 4.60. The number of amides is 2. The van der Waals surface area contributed by atoms with E-state index >= 15 is 0 Å². The first-order chi connectivity index (χ1) is 13.0. The molecule has 2 amide bonds. The number of carbonyl (C=O) groups is 2. The lowest BCUT2D eigenvalue weighted by Gasteiger charge is -2.39. The van der Waals surface area contributed by atoms with Crippen molar-refractivity contribution in [3.63, 3.8) is 0 Å². The summed E-state index contributed by atoms with van der Waals surface area (Å²) in [5.41, 5.74) is 2.35. The SMILES string of the molecule is COc1ccc(N2CCN(C(=O)c3cccc(C)c3)[C@@H](C)C2=O)cc1OC. The van der Waals surface area contributed by atoms with Crippen molar-refractivity contribution >= 4 is 17.5 Å². The number of carbonyl (C=O) groups excluding carboxylic acids is 2. The van der Waals surface area contributed by atoms with Crippen LogP contribution in [-0.2, 0) is 4.79 Å². The zero-order valence-corrected chi connectivity index (χ0v) is 16.1. The van der Waals surface area contributed by atoms with Crippen LogP contribution in [-0.4, -0.2) is 50.1 Å². The topological polar surface area (TPSA) is 59.1 Å². The fraction of sp³-hybridized carbons (Fsp3) is 0.333. The quantitative estimate of drug-likeness (QED) is 0.833. The second-order valence-corrected chi connectivity index (χ2v) is 6.57. The van der Waals surface area contributed by atoms with E-state index in [2.05, 4.69) is 0 Å². The normalized spacial score (nSPS) is 17.0. The molecular formula is C21H24N2O4. The number of benzene rings is 2. The standard InChI is InChI=1S/C21H24N2O4/c1-14-6-5-7-16(12-14)21(25)22-10-11-23(20(24)15(22)2)17-8-9-18(26-3)19(13-17)27-4/h5-9,12-13,15H,10-11H2,1-4H3/t15-/m0/s1. The molecule has 0 aliphatic carbocycles. The molecule has 142 valence electrons. The molecule has 0 N–H and O–H groups in total. The number of piperazine rings is 1. The molecule has 1 aliphatic rings. The summed E-state index contributed by atoms with van der Waals surface area (Å²) in [7, 11) is 3.13. The molecule has 2 aromatic rings. The van der Waals surface area contributed by atoms with Crippen molar-refractivity contribution in [3.8, 4) is 11.5 Å². The van der Waals surface area contributed by atoms with E-state index in [-0.39, 0.29) is 11.8 Å². The first-order valence-electron chi connectivity index (χ1n) is 8.87. The van der Waals surface area contributed by atoms with Gasteiger partial charge in [-0.3, -0.25) is 9.59 Å². The first-order valence-corrected chi connectivity index (χ1v) is 8.87. The van der Waals surface area contributed by atoms with Crippen LogP contribution in [0.4, 0.5) is 5.69 Å². The van der Waals surface area contributed by atoms with Gasteiger partial charge in [0.2, 0.25) is 5.91 Å². The van der Waals surface area contributed by atoms with E-state index in [1.807, 2.05) is 31.2 Å². The first kappa shape index (κ1) is 18.8. The van der Waals surface area contributed by atoms with Gasteiger partial charge in [-0.2, -0.15) is 0 Å². The number of hydrogen-bond acceptors (Lipinski definition) is 4. The highest BCUT2D eigenvalue weighted by atomic mass is 16.5. The van der Waals surface area contributed by atoms with Gasteiger partial charge in [-0.25, -0.2) is 0 Å². The van der Waals surface area contributed by atoms with Crippen molar-refractivity contribution in [2.45, 2.75) is 19.9 Å². The van der Waals surface area contributed by atoms with Crippen molar-refractivity contribution in [2.24, 2.45) is 0 Å². The Morgan fingerprint density at radius 3 is 2.44 bits per heavy atom. The van der Waals surface area contributed by atoms with E-state index in [0.29, 0.717) is 30.2 Å². The zero-order valence-electron chi connectivity index (χ0n) is 16.1. The van der Waals surface area contributed by atoms with E-state index in [1.54, 1.807) is 49.1 Å². The summed E-state index contributed by atoms with van der Waals surface area (Å²) in [5.74, 6) is 0.935. The second-order valence-electron chi connectivity index (χ2n) is 6.57. The third-order valence-corrected chi connectivity index (χ3v) is 4.86. The Morgan fingerprint density at radius 1 is 1.04 bits per heavy atom. The minimum absolute atomic E-state index is 0.116. The van der Waals surface area contributed by atoms with Gasteiger partial charge in [0.25, 0.3) is 5.91 Å². The summed E-state index contributed by atoms with van der Waals surface area (Å²) in [6.07, 6.45) is 0. The number of rotatable bonds is 4. The Labute approximate surface area is 159 Å². The third kappa shape index (κ3) is 3.60. The minimum atomic E-state index is -0.542. The molecule has 0 aromatic heterocycles. The molecule has 6 nitrogen and oxygen atoms in total. The van der Waals surface area contributed by atoms with Crippen molar-refractivity contribution < 1.29 is 19.1 Å². The Morgan fingerprint density at radius 2 is 1.78 bits per heavy atom. The average Bonchev–Trinajstić information content (AvgIpc) is 2.69. The predicted molar refractivity (Wildman–Crippen MR) is 104 cm³/mol. The molecule has 0 saturated carbocycles. The average molecular weight is 368 g/mol. The lowest BCUT2D eigenvalue weighted by molar-refractivity contribution is -0.124. The maximum atomic E-state index is 13.0. The van der Waals surface area contributed by atoms with Crippen LogP contribution in [0.1, 0.15) is 22.8 Å². The number of aryl methyl sites for hydroxylation is 1. The largest absolute Gasteiger partial charge is 0.493 e. The third-order valence-electron chi connectivity index (χ3n) is 4.86. The zero-order chi connectivity index (χ0) is 19.6. The summed E-state index contributed by atoms with van der Waals surface area (Å²) in [5, 5.41) is 0. The highest BCUT2D eigenvalue weighted by Gasteiger charge is 2.35. The number of hydrogen-bond donors (Lipinski definition) is 0. The molecule has 0 radical (unpaired) electrons. The maximum absolute atomic E-state index is 13.0. The van der Waals surface area contributed by atoms with Crippen molar-refractivity contribution in [3.05, 3.63) is 53.6 Å². The fourth-order valence-corrected chi connectivity index (χ4v) is 3.34. The van der Waals surface area contributed by atoms with Crippen LogP contribution >= 0.6 is 0 Å². The number of methoxy groups -OCH3 is 2. The van der Waals surface area contributed by atoms with Crippen molar-refractivity contribution in [1.82, 2.24) is 4.90 Å². The highest BCUT2D eigenvalue weighted by Crippen LogP contribution is 2.32. The summed E-state index contributed by atoms with van der Waals surface area (Å²) < 4.78 is 10.6. The van der Waals surface area contributed by atoms with Gasteiger partial charge in [0.15, 0.2) is 11.5 Å². The molecule has 1 aliphatic heterocycles. The Hall–Kier alpha value is -3.02. The molecule has 2 aromatic carbocycles. The fourth-order valence-electron chi connectivity index (χ4n) is 3.34. The van der Waals surface area contributed by atoms with Crippen LogP contribution in [0, 0.1) is 6.92 Å². The highest BCUT2D eigenvalue weighted by molar-refractivity contribution is 6.03.